The van der Waals surface area contributed by atoms with Crippen LogP contribution in [0.3, 0.4) is 0 Å². The van der Waals surface area contributed by atoms with Crippen LogP contribution >= 0.6 is 11.6 Å². The van der Waals surface area contributed by atoms with Crippen molar-refractivity contribution in [3.8, 4) is 0 Å². The second-order valence-electron chi connectivity index (χ2n) is 5.52. The highest BCUT2D eigenvalue weighted by molar-refractivity contribution is 6.31. The van der Waals surface area contributed by atoms with Gasteiger partial charge in [-0.3, -0.25) is 0 Å². The third-order valence-electron chi connectivity index (χ3n) is 3.57. The summed E-state index contributed by atoms with van der Waals surface area (Å²) in [5, 5.41) is 16.0. The Morgan fingerprint density at radius 1 is 1.27 bits per heavy atom. The Balaban J connectivity index is 1.84. The fraction of sp³-hybridized carbons (Fsp3) is 0.375. The van der Waals surface area contributed by atoms with Crippen LogP contribution < -0.4 is 10.6 Å². The van der Waals surface area contributed by atoms with E-state index in [0.717, 1.165) is 27.8 Å². The van der Waals surface area contributed by atoms with E-state index >= 15 is 0 Å². The highest BCUT2D eigenvalue weighted by Crippen LogP contribution is 2.40. The van der Waals surface area contributed by atoms with Gasteiger partial charge in [0.25, 0.3) is 0 Å². The number of anilines is 3. The van der Waals surface area contributed by atoms with E-state index in [-0.39, 0.29) is 6.61 Å². The fourth-order valence-electron chi connectivity index (χ4n) is 2.24. The van der Waals surface area contributed by atoms with Crippen molar-refractivity contribution in [1.29, 1.82) is 0 Å². The first-order valence-electron chi connectivity index (χ1n) is 7.42. The molecule has 22 heavy (non-hydrogen) atoms. The minimum Gasteiger partial charge on any atom is -0.395 e. The van der Waals surface area contributed by atoms with Gasteiger partial charge in [-0.05, 0) is 43.5 Å². The quantitative estimate of drug-likeness (QED) is 0.761. The van der Waals surface area contributed by atoms with Crippen LogP contribution in [0.4, 0.5) is 17.5 Å². The average Bonchev–Trinajstić information content (AvgIpc) is 3.33. The fourth-order valence-corrected chi connectivity index (χ4v) is 2.35. The zero-order valence-corrected chi connectivity index (χ0v) is 13.2. The molecule has 0 radical (unpaired) electrons. The second kappa shape index (κ2) is 6.50. The summed E-state index contributed by atoms with van der Waals surface area (Å²) in [5.41, 5.74) is 3.00. The van der Waals surface area contributed by atoms with E-state index < -0.39 is 0 Å². The van der Waals surface area contributed by atoms with Crippen molar-refractivity contribution < 1.29 is 5.11 Å². The number of aliphatic hydroxyl groups excluding tert-OH is 1. The van der Waals surface area contributed by atoms with E-state index in [9.17, 15) is 0 Å². The monoisotopic (exact) mass is 318 g/mol. The summed E-state index contributed by atoms with van der Waals surface area (Å²) < 4.78 is 0. The van der Waals surface area contributed by atoms with Crippen LogP contribution in [0.2, 0.25) is 5.02 Å². The molecule has 6 heteroatoms. The number of nitrogens with one attached hydrogen (secondary N) is 2. The van der Waals surface area contributed by atoms with Gasteiger partial charge in [-0.25, -0.2) is 4.98 Å². The van der Waals surface area contributed by atoms with Crippen molar-refractivity contribution >= 4 is 29.1 Å². The smallest absolute Gasteiger partial charge is 0.224 e. The van der Waals surface area contributed by atoms with Crippen molar-refractivity contribution in [2.24, 2.45) is 0 Å². The number of benzene rings is 1. The first kappa shape index (κ1) is 15.1. The highest BCUT2D eigenvalue weighted by Gasteiger charge is 2.26. The van der Waals surface area contributed by atoms with Crippen LogP contribution in [0.1, 0.15) is 30.0 Å². The van der Waals surface area contributed by atoms with Crippen molar-refractivity contribution in [1.82, 2.24) is 9.97 Å². The van der Waals surface area contributed by atoms with E-state index in [4.69, 9.17) is 16.7 Å². The number of halogens is 1. The SMILES string of the molecule is Cc1cc(Nc2cc(C3CC3)nc(NCCO)n2)ccc1Cl. The first-order valence-corrected chi connectivity index (χ1v) is 7.80. The van der Waals surface area contributed by atoms with E-state index in [1.165, 1.54) is 12.8 Å². The molecular weight excluding hydrogens is 300 g/mol. The van der Waals surface area contributed by atoms with Crippen LogP contribution in [0.5, 0.6) is 0 Å². The van der Waals surface area contributed by atoms with Crippen LogP contribution in [0.15, 0.2) is 24.3 Å². The Morgan fingerprint density at radius 3 is 2.77 bits per heavy atom. The summed E-state index contributed by atoms with van der Waals surface area (Å²) in [7, 11) is 0. The third kappa shape index (κ3) is 3.67. The first-order chi connectivity index (χ1) is 10.7. The predicted octanol–water partition coefficient (Wildman–Crippen LogP) is 3.46. The van der Waals surface area contributed by atoms with Crippen molar-refractivity contribution in [2.75, 3.05) is 23.8 Å². The molecule has 3 N–H and O–H groups in total. The molecule has 0 spiro atoms. The number of hydrogen-bond donors (Lipinski definition) is 3. The molecule has 0 bridgehead atoms. The van der Waals surface area contributed by atoms with Gasteiger partial charge in [-0.2, -0.15) is 4.98 Å². The maximum Gasteiger partial charge on any atom is 0.224 e. The standard InChI is InChI=1S/C16H19ClN4O/c1-10-8-12(4-5-13(10)17)19-15-9-14(11-2-3-11)20-16(21-15)18-6-7-22/h4-5,8-9,11,22H,2-3,6-7H2,1H3,(H2,18,19,20,21). The molecule has 2 aromatic rings. The summed E-state index contributed by atoms with van der Waals surface area (Å²) in [5.74, 6) is 1.83. The maximum absolute atomic E-state index is 8.93. The summed E-state index contributed by atoms with van der Waals surface area (Å²) >= 11 is 6.05. The zero-order chi connectivity index (χ0) is 15.5. The Morgan fingerprint density at radius 2 is 2.09 bits per heavy atom. The van der Waals surface area contributed by atoms with Gasteiger partial charge in [-0.15, -0.1) is 0 Å². The molecule has 1 heterocycles. The van der Waals surface area contributed by atoms with Crippen molar-refractivity contribution in [3.05, 3.63) is 40.5 Å². The molecule has 0 amide bonds. The number of hydrogen-bond acceptors (Lipinski definition) is 5. The van der Waals surface area contributed by atoms with Gasteiger partial charge < -0.3 is 15.7 Å². The largest absolute Gasteiger partial charge is 0.395 e. The summed E-state index contributed by atoms with van der Waals surface area (Å²) in [6, 6.07) is 7.77. The Labute approximate surface area is 134 Å². The molecule has 5 nitrogen and oxygen atoms in total. The highest BCUT2D eigenvalue weighted by atomic mass is 35.5. The summed E-state index contributed by atoms with van der Waals surface area (Å²) in [4.78, 5) is 8.96. The molecule has 1 fully saturated rings. The Hall–Kier alpha value is -1.85. The normalized spacial score (nSPS) is 14.0. The number of rotatable bonds is 6. The van der Waals surface area contributed by atoms with Gasteiger partial charge in [0.2, 0.25) is 5.95 Å². The lowest BCUT2D eigenvalue weighted by Crippen LogP contribution is -2.10. The van der Waals surface area contributed by atoms with Crippen LogP contribution in [-0.4, -0.2) is 28.2 Å². The average molecular weight is 319 g/mol. The Bertz CT molecular complexity index is 673. The molecule has 0 atom stereocenters. The minimum absolute atomic E-state index is 0.0517. The van der Waals surface area contributed by atoms with Crippen LogP contribution in [0, 0.1) is 6.92 Å². The predicted molar refractivity (Wildman–Crippen MR) is 89.1 cm³/mol. The lowest BCUT2D eigenvalue weighted by Gasteiger charge is -2.11. The molecule has 1 saturated carbocycles. The van der Waals surface area contributed by atoms with Crippen LogP contribution in [-0.2, 0) is 0 Å². The number of aryl methyl sites for hydroxylation is 1. The Kier molecular flexibility index (Phi) is 4.45. The lowest BCUT2D eigenvalue weighted by molar-refractivity contribution is 0.311. The molecule has 1 aromatic heterocycles. The number of aromatic nitrogens is 2. The van der Waals surface area contributed by atoms with E-state index in [1.807, 2.05) is 31.2 Å². The van der Waals surface area contributed by atoms with Gasteiger partial charge in [-0.1, -0.05) is 11.6 Å². The number of nitrogens with zero attached hydrogens (tertiary/aromatic N) is 2. The minimum atomic E-state index is 0.0517. The zero-order valence-electron chi connectivity index (χ0n) is 12.4. The molecule has 116 valence electrons. The summed E-state index contributed by atoms with van der Waals surface area (Å²) in [6.45, 7) is 2.46. The molecule has 1 aliphatic carbocycles. The molecule has 3 rings (SSSR count). The molecule has 0 aliphatic heterocycles. The summed E-state index contributed by atoms with van der Waals surface area (Å²) in [6.07, 6.45) is 2.35. The van der Waals surface area contributed by atoms with Crippen LogP contribution in [0.25, 0.3) is 0 Å². The van der Waals surface area contributed by atoms with Gasteiger partial charge in [0.1, 0.15) is 5.82 Å². The van der Waals surface area contributed by atoms with Crippen molar-refractivity contribution in [3.63, 3.8) is 0 Å². The molecule has 1 aliphatic rings. The topological polar surface area (TPSA) is 70.1 Å². The molecule has 1 aromatic carbocycles. The van der Waals surface area contributed by atoms with E-state index in [1.54, 1.807) is 0 Å². The lowest BCUT2D eigenvalue weighted by atomic mass is 10.2. The molecule has 0 unspecified atom stereocenters. The van der Waals surface area contributed by atoms with E-state index in [0.29, 0.717) is 18.4 Å². The second-order valence-corrected chi connectivity index (χ2v) is 5.92. The van der Waals surface area contributed by atoms with E-state index in [2.05, 4.69) is 20.6 Å². The number of aliphatic hydroxyl groups is 1. The van der Waals surface area contributed by atoms with Gasteiger partial charge in [0.15, 0.2) is 0 Å². The van der Waals surface area contributed by atoms with Gasteiger partial charge >= 0.3 is 0 Å². The van der Waals surface area contributed by atoms with Crippen molar-refractivity contribution in [2.45, 2.75) is 25.7 Å². The molecular formula is C16H19ClN4O. The third-order valence-corrected chi connectivity index (χ3v) is 3.99. The maximum atomic E-state index is 8.93. The van der Waals surface area contributed by atoms with Gasteiger partial charge in [0, 0.05) is 29.2 Å². The molecule has 0 saturated heterocycles. The van der Waals surface area contributed by atoms with Gasteiger partial charge in [0.05, 0.1) is 12.3 Å².